The molecule has 1 saturated heterocycles. The highest BCUT2D eigenvalue weighted by Gasteiger charge is 2.64. The maximum absolute atomic E-state index is 14.8. The Morgan fingerprint density at radius 2 is 1.82 bits per heavy atom. The number of nitrogens with zero attached hydrogens (tertiary/aromatic N) is 2. The minimum absolute atomic E-state index is 0.0342. The van der Waals surface area contributed by atoms with Crippen LogP contribution in [0.3, 0.4) is 0 Å². The van der Waals surface area contributed by atoms with E-state index in [1.165, 1.54) is 4.90 Å². The van der Waals surface area contributed by atoms with Gasteiger partial charge in [-0.3, -0.25) is 19.1 Å². The Hall–Kier alpha value is -4.61. The first-order valence-electron chi connectivity index (χ1n) is 20.7. The van der Waals surface area contributed by atoms with E-state index >= 15 is 0 Å². The van der Waals surface area contributed by atoms with Crippen molar-refractivity contribution in [1.29, 1.82) is 0 Å². The van der Waals surface area contributed by atoms with Gasteiger partial charge in [0.1, 0.15) is 34.7 Å². The number of carbonyl (C=O) groups excluding carboxylic acids is 4. The molecule has 5 unspecified atom stereocenters. The first-order valence-corrected chi connectivity index (χ1v) is 22.1. The molecule has 1 aromatic heterocycles. The molecule has 5 aliphatic rings. The Bertz CT molecular complexity index is 2230. The summed E-state index contributed by atoms with van der Waals surface area (Å²) >= 11 is 0. The molecule has 3 N–H and O–H groups in total. The number of amides is 4. The van der Waals surface area contributed by atoms with E-state index < -0.39 is 79.5 Å². The number of halogens is 3. The van der Waals surface area contributed by atoms with Crippen LogP contribution in [0.2, 0.25) is 0 Å². The number of nitrogens with one attached hydrogen (secondary N) is 3. The van der Waals surface area contributed by atoms with Crippen LogP contribution in [0.4, 0.5) is 18.0 Å². The molecule has 60 heavy (non-hydrogen) atoms. The molecular weight excluding hydrogens is 808 g/mol. The number of alkyl carbamates (subject to hydrolysis) is 1. The number of pyridine rings is 1. The van der Waals surface area contributed by atoms with Gasteiger partial charge in [-0.05, 0) is 96.3 Å². The maximum Gasteiger partial charge on any atom is 0.427 e. The molecule has 7 rings (SSSR count). The molecule has 14 nitrogen and oxygen atoms in total. The lowest BCUT2D eigenvalue weighted by molar-refractivity contribution is -0.244. The zero-order chi connectivity index (χ0) is 43.6. The van der Waals surface area contributed by atoms with E-state index in [4.69, 9.17) is 19.2 Å². The molecule has 2 aromatic rings. The molecule has 4 heterocycles. The fourth-order valence-electron chi connectivity index (χ4n) is 8.51. The van der Waals surface area contributed by atoms with Gasteiger partial charge in [0.15, 0.2) is 0 Å². The monoisotopic (exact) mass is 861 g/mol. The molecule has 3 fully saturated rings. The number of hydrogen-bond acceptors (Lipinski definition) is 10. The van der Waals surface area contributed by atoms with Crippen LogP contribution < -0.4 is 24.8 Å². The van der Waals surface area contributed by atoms with Crippen LogP contribution in [-0.2, 0) is 35.6 Å². The van der Waals surface area contributed by atoms with Gasteiger partial charge in [-0.1, -0.05) is 38.8 Å². The number of methoxy groups -OCH3 is 1. The van der Waals surface area contributed by atoms with Gasteiger partial charge in [0.05, 0.1) is 29.6 Å². The highest BCUT2D eigenvalue weighted by atomic mass is 32.2. The van der Waals surface area contributed by atoms with Crippen LogP contribution in [-0.4, -0.2) is 95.5 Å². The predicted octanol–water partition coefficient (Wildman–Crippen LogP) is 5.86. The molecule has 1 aromatic carbocycles. The summed E-state index contributed by atoms with van der Waals surface area (Å²) in [5.74, 6) is -1.84. The second-order valence-corrected chi connectivity index (χ2v) is 20.3. The zero-order valence-electron chi connectivity index (χ0n) is 34.8. The third-order valence-electron chi connectivity index (χ3n) is 12.9. The molecule has 18 heteroatoms. The zero-order valence-corrected chi connectivity index (χ0v) is 35.6. The van der Waals surface area contributed by atoms with E-state index in [0.717, 1.165) is 16.5 Å². The molecule has 3 aliphatic heterocycles. The van der Waals surface area contributed by atoms with E-state index in [9.17, 15) is 40.8 Å². The van der Waals surface area contributed by atoms with Crippen molar-refractivity contribution in [2.75, 3.05) is 13.7 Å². The summed E-state index contributed by atoms with van der Waals surface area (Å²) < 4.78 is 86.1. The van der Waals surface area contributed by atoms with Crippen molar-refractivity contribution < 1.29 is 55.0 Å². The van der Waals surface area contributed by atoms with Crippen molar-refractivity contribution in [1.82, 2.24) is 25.2 Å². The number of hydrogen-bond donors (Lipinski definition) is 3. The fourth-order valence-corrected chi connectivity index (χ4v) is 9.83. The third-order valence-corrected chi connectivity index (χ3v) is 15.1. The normalized spacial score (nSPS) is 28.0. The van der Waals surface area contributed by atoms with E-state index in [1.54, 1.807) is 20.1 Å². The largest absolute Gasteiger partial charge is 0.497 e. The summed E-state index contributed by atoms with van der Waals surface area (Å²) in [5.41, 5.74) is -3.36. The number of ether oxygens (including phenoxy) is 3. The van der Waals surface area contributed by atoms with E-state index in [1.807, 2.05) is 38.1 Å². The lowest BCUT2D eigenvalue weighted by Crippen LogP contribution is -2.59. The van der Waals surface area contributed by atoms with E-state index in [-0.39, 0.29) is 31.7 Å². The molecule has 0 bridgehead atoms. The summed E-state index contributed by atoms with van der Waals surface area (Å²) in [6.07, 6.45) is 1.19. The standard InChI is InChI=1S/C42H54F3N5O9S/c1-24(2)32-33-27(28-20-26(57-6)14-15-29(28)46-32)16-17-40(58-33)22-31-34(51)48-41(36(53)49-60(55,56)39(5)18-19-39)21-25(41)12-10-8-7-9-11-13-30(35(52)50(31)23-40)47-37(54)59-38(3,4)42(43,44)45/h10,12,14-15,20,24-25,30-31H,7-9,11,13,16-19,21-23H2,1-6H3,(H,47,54)(H,48,51)(H,49,53). The van der Waals surface area contributed by atoms with Gasteiger partial charge in [0, 0.05) is 23.3 Å². The van der Waals surface area contributed by atoms with E-state index in [0.29, 0.717) is 82.4 Å². The van der Waals surface area contributed by atoms with Gasteiger partial charge < -0.3 is 29.7 Å². The first-order chi connectivity index (χ1) is 28.0. The lowest BCUT2D eigenvalue weighted by atomic mass is 9.86. The second kappa shape index (κ2) is 15.4. The van der Waals surface area contributed by atoms with Gasteiger partial charge in [0.25, 0.3) is 5.91 Å². The molecule has 1 spiro atoms. The average Bonchev–Trinajstić information content (AvgIpc) is 4.06. The summed E-state index contributed by atoms with van der Waals surface area (Å²) in [4.78, 5) is 62.9. The number of aromatic nitrogens is 1. The number of sulfonamides is 1. The number of benzene rings is 1. The minimum atomic E-state index is -4.90. The van der Waals surface area contributed by atoms with Crippen molar-refractivity contribution in [3.05, 3.63) is 41.6 Å². The van der Waals surface area contributed by atoms with Crippen LogP contribution in [0.15, 0.2) is 30.4 Å². The molecular formula is C42H54F3N5O9S. The molecule has 328 valence electrons. The first kappa shape index (κ1) is 43.5. The molecule has 4 amide bonds. The quantitative estimate of drug-likeness (QED) is 0.285. The topological polar surface area (TPSA) is 182 Å². The van der Waals surface area contributed by atoms with Crippen molar-refractivity contribution in [3.63, 3.8) is 0 Å². The van der Waals surface area contributed by atoms with Crippen LogP contribution in [0.25, 0.3) is 10.9 Å². The van der Waals surface area contributed by atoms with Gasteiger partial charge in [0.2, 0.25) is 27.4 Å². The van der Waals surface area contributed by atoms with Crippen LogP contribution in [0.5, 0.6) is 11.5 Å². The number of rotatable bonds is 7. The highest BCUT2D eigenvalue weighted by Crippen LogP contribution is 2.50. The highest BCUT2D eigenvalue weighted by molar-refractivity contribution is 7.91. The van der Waals surface area contributed by atoms with Crippen LogP contribution >= 0.6 is 0 Å². The number of aryl methyl sites for hydroxylation is 1. The summed E-state index contributed by atoms with van der Waals surface area (Å²) in [6, 6.07) is 2.90. The summed E-state index contributed by atoms with van der Waals surface area (Å²) in [6.45, 7) is 6.76. The number of fused-ring (bicyclic) bond motifs is 5. The smallest absolute Gasteiger partial charge is 0.427 e. The van der Waals surface area contributed by atoms with Gasteiger partial charge in [-0.15, -0.1) is 0 Å². The van der Waals surface area contributed by atoms with E-state index in [2.05, 4.69) is 15.4 Å². The van der Waals surface area contributed by atoms with Crippen LogP contribution in [0.1, 0.15) is 116 Å². The average molecular weight is 862 g/mol. The predicted molar refractivity (Wildman–Crippen MR) is 214 cm³/mol. The van der Waals surface area contributed by atoms with Crippen molar-refractivity contribution in [2.45, 2.75) is 151 Å². The second-order valence-electron chi connectivity index (χ2n) is 18.1. The SMILES string of the molecule is COc1ccc2nc(C(C)C)c3c(c2c1)CCC1(CC2C(=O)NC4(C(=O)NS(=O)(=O)C5(C)CC5)CC4C=CCCCCCC(NC(=O)OC(C)(C)C(F)(F)F)C(=O)N2C1)O3. The number of carbonyl (C=O) groups is 4. The Labute approximate surface area is 347 Å². The fraction of sp³-hybridized carbons (Fsp3) is 0.643. The lowest BCUT2D eigenvalue weighted by Gasteiger charge is -2.37. The van der Waals surface area contributed by atoms with Gasteiger partial charge >= 0.3 is 12.3 Å². The summed E-state index contributed by atoms with van der Waals surface area (Å²) in [5, 5.41) is 6.05. The third kappa shape index (κ3) is 8.11. The van der Waals surface area contributed by atoms with Crippen molar-refractivity contribution in [2.24, 2.45) is 5.92 Å². The Balaban J connectivity index is 1.26. The summed E-state index contributed by atoms with van der Waals surface area (Å²) in [7, 11) is -2.51. The van der Waals surface area contributed by atoms with Gasteiger partial charge in [-0.2, -0.15) is 13.2 Å². The Kier molecular flexibility index (Phi) is 11.1. The van der Waals surface area contributed by atoms with Gasteiger partial charge in [-0.25, -0.2) is 18.2 Å². The maximum atomic E-state index is 14.8. The number of allylic oxidation sites excluding steroid dienone is 1. The molecule has 0 radical (unpaired) electrons. The van der Waals surface area contributed by atoms with Crippen molar-refractivity contribution in [3.8, 4) is 11.5 Å². The molecule has 2 saturated carbocycles. The Morgan fingerprint density at radius 1 is 1.08 bits per heavy atom. The molecule has 2 aliphatic carbocycles. The van der Waals surface area contributed by atoms with Crippen molar-refractivity contribution >= 4 is 44.7 Å². The Morgan fingerprint density at radius 3 is 2.48 bits per heavy atom. The minimum Gasteiger partial charge on any atom is -0.497 e. The van der Waals surface area contributed by atoms with Crippen LogP contribution in [0, 0.1) is 5.92 Å². The number of alkyl halides is 3. The molecule has 5 atom stereocenters.